The van der Waals surface area contributed by atoms with Gasteiger partial charge in [-0.2, -0.15) is 0 Å². The van der Waals surface area contributed by atoms with Crippen molar-refractivity contribution < 1.29 is 23.9 Å². The molecule has 1 aliphatic carbocycles. The molecule has 0 unspecified atom stereocenters. The second-order valence-corrected chi connectivity index (χ2v) is 9.42. The number of nitrogens with one attached hydrogen (secondary N) is 1. The molecule has 3 fully saturated rings. The second-order valence-electron chi connectivity index (χ2n) is 9.42. The van der Waals surface area contributed by atoms with Crippen LogP contribution in [0.2, 0.25) is 0 Å². The van der Waals surface area contributed by atoms with Crippen LogP contribution in [0.4, 0.5) is 4.79 Å². The fraction of sp³-hybridized carbons (Fsp3) is 0.800. The summed E-state index contributed by atoms with van der Waals surface area (Å²) in [7, 11) is 0. The van der Waals surface area contributed by atoms with E-state index in [0.717, 1.165) is 24.2 Å². The molecule has 0 radical (unpaired) electrons. The number of carbonyl (C=O) groups excluding carboxylic acids is 4. The molecule has 8 heteroatoms. The number of amides is 4. The van der Waals surface area contributed by atoms with Gasteiger partial charge in [-0.1, -0.05) is 20.8 Å². The summed E-state index contributed by atoms with van der Waals surface area (Å²) in [5, 5.41) is 2.84. The number of imide groups is 1. The SMILES string of the molecule is C[C@@H]1CC(C)(C)C[C@]2(C1)NC(=O)N(CC(=O)O[C@@H](C)C(=O)N1CCCC1)C2=O. The largest absolute Gasteiger partial charge is 0.451 e. The highest BCUT2D eigenvalue weighted by Crippen LogP contribution is 2.46. The molecule has 0 bridgehead atoms. The van der Waals surface area contributed by atoms with Crippen LogP contribution in [-0.2, 0) is 19.1 Å². The van der Waals surface area contributed by atoms with Crippen LogP contribution < -0.4 is 5.32 Å². The van der Waals surface area contributed by atoms with Crippen LogP contribution in [-0.4, -0.2) is 64.9 Å². The number of urea groups is 1. The maximum absolute atomic E-state index is 13.1. The molecule has 2 aliphatic heterocycles. The number of likely N-dealkylation sites (tertiary alicyclic amines) is 1. The van der Waals surface area contributed by atoms with E-state index in [-0.39, 0.29) is 23.1 Å². The first-order valence-electron chi connectivity index (χ1n) is 10.2. The summed E-state index contributed by atoms with van der Waals surface area (Å²) in [5.41, 5.74) is -1.02. The van der Waals surface area contributed by atoms with E-state index < -0.39 is 30.2 Å². The van der Waals surface area contributed by atoms with Gasteiger partial charge in [-0.15, -0.1) is 0 Å². The highest BCUT2D eigenvalue weighted by Gasteiger charge is 2.56. The van der Waals surface area contributed by atoms with E-state index in [1.54, 1.807) is 4.90 Å². The molecule has 28 heavy (non-hydrogen) atoms. The topological polar surface area (TPSA) is 96.0 Å². The van der Waals surface area contributed by atoms with Gasteiger partial charge in [0.1, 0.15) is 12.1 Å². The number of rotatable bonds is 4. The minimum absolute atomic E-state index is 0.0756. The second kappa shape index (κ2) is 7.37. The maximum Gasteiger partial charge on any atom is 0.327 e. The Morgan fingerprint density at radius 3 is 2.46 bits per heavy atom. The minimum Gasteiger partial charge on any atom is -0.451 e. The monoisotopic (exact) mass is 393 g/mol. The van der Waals surface area contributed by atoms with Crippen LogP contribution in [0.15, 0.2) is 0 Å². The van der Waals surface area contributed by atoms with Crippen molar-refractivity contribution in [2.75, 3.05) is 19.6 Å². The van der Waals surface area contributed by atoms with Crippen LogP contribution in [0.5, 0.6) is 0 Å². The lowest BCUT2D eigenvalue weighted by molar-refractivity contribution is -0.160. The smallest absolute Gasteiger partial charge is 0.327 e. The predicted octanol–water partition coefficient (Wildman–Crippen LogP) is 1.68. The van der Waals surface area contributed by atoms with Crippen molar-refractivity contribution in [3.05, 3.63) is 0 Å². The third-order valence-electron chi connectivity index (χ3n) is 5.99. The lowest BCUT2D eigenvalue weighted by atomic mass is 9.64. The lowest BCUT2D eigenvalue weighted by Gasteiger charge is -2.43. The third-order valence-corrected chi connectivity index (χ3v) is 5.99. The fourth-order valence-corrected chi connectivity index (χ4v) is 5.26. The minimum atomic E-state index is -0.949. The first-order chi connectivity index (χ1) is 13.0. The Morgan fingerprint density at radius 1 is 1.21 bits per heavy atom. The highest BCUT2D eigenvalue weighted by atomic mass is 16.5. The van der Waals surface area contributed by atoms with E-state index >= 15 is 0 Å². The van der Waals surface area contributed by atoms with Gasteiger partial charge >= 0.3 is 12.0 Å². The molecule has 1 spiro atoms. The summed E-state index contributed by atoms with van der Waals surface area (Å²) in [5.74, 6) is -1.06. The molecule has 156 valence electrons. The Hall–Kier alpha value is -2.12. The first-order valence-corrected chi connectivity index (χ1v) is 10.2. The molecule has 8 nitrogen and oxygen atoms in total. The number of ether oxygens (including phenoxy) is 1. The Kier molecular flexibility index (Phi) is 5.42. The van der Waals surface area contributed by atoms with E-state index in [9.17, 15) is 19.2 Å². The summed E-state index contributed by atoms with van der Waals surface area (Å²) in [6.45, 7) is 8.65. The molecular formula is C20H31N3O5. The van der Waals surface area contributed by atoms with Crippen molar-refractivity contribution in [1.29, 1.82) is 0 Å². The normalized spacial score (nSPS) is 30.5. The highest BCUT2D eigenvalue weighted by molar-refractivity contribution is 6.08. The van der Waals surface area contributed by atoms with E-state index in [4.69, 9.17) is 4.74 Å². The first kappa shape index (κ1) is 20.6. The number of esters is 1. The van der Waals surface area contributed by atoms with Crippen molar-refractivity contribution in [1.82, 2.24) is 15.1 Å². The Morgan fingerprint density at radius 2 is 1.86 bits per heavy atom. The quantitative estimate of drug-likeness (QED) is 0.579. The van der Waals surface area contributed by atoms with Gasteiger partial charge in [0.25, 0.3) is 11.8 Å². The molecule has 0 aromatic heterocycles. The number of hydrogen-bond acceptors (Lipinski definition) is 5. The summed E-state index contributed by atoms with van der Waals surface area (Å²) in [6, 6.07) is -0.564. The van der Waals surface area contributed by atoms with Crippen molar-refractivity contribution in [3.63, 3.8) is 0 Å². The zero-order valence-electron chi connectivity index (χ0n) is 17.2. The van der Waals surface area contributed by atoms with Crippen LogP contribution >= 0.6 is 0 Å². The Bertz CT molecular complexity index is 685. The molecule has 3 aliphatic rings. The van der Waals surface area contributed by atoms with Gasteiger partial charge in [0.2, 0.25) is 0 Å². The van der Waals surface area contributed by atoms with E-state index in [1.165, 1.54) is 6.92 Å². The Balaban J connectivity index is 1.62. The summed E-state index contributed by atoms with van der Waals surface area (Å²) < 4.78 is 5.22. The molecule has 0 aromatic rings. The molecule has 2 saturated heterocycles. The molecule has 4 amide bonds. The van der Waals surface area contributed by atoms with Gasteiger partial charge in [-0.05, 0) is 50.4 Å². The maximum atomic E-state index is 13.1. The zero-order chi connectivity index (χ0) is 20.7. The molecule has 3 rings (SSSR count). The van der Waals surface area contributed by atoms with Crippen molar-refractivity contribution >= 4 is 23.8 Å². The standard InChI is InChI=1S/C20H31N3O5/c1-13-9-19(3,4)12-20(10-13)17(26)23(18(27)21-20)11-15(24)28-14(2)16(25)22-7-5-6-8-22/h13-14H,5-12H2,1-4H3,(H,21,27)/t13-,14+,20+/m1/s1. The third kappa shape index (κ3) is 4.00. The van der Waals surface area contributed by atoms with E-state index in [2.05, 4.69) is 26.1 Å². The predicted molar refractivity (Wildman–Crippen MR) is 101 cm³/mol. The van der Waals surface area contributed by atoms with Gasteiger partial charge in [-0.3, -0.25) is 19.3 Å². The average molecular weight is 393 g/mol. The number of hydrogen-bond donors (Lipinski definition) is 1. The van der Waals surface area contributed by atoms with Crippen LogP contribution in [0, 0.1) is 11.3 Å². The van der Waals surface area contributed by atoms with Gasteiger partial charge in [0.15, 0.2) is 6.10 Å². The molecule has 0 aromatic carbocycles. The molecular weight excluding hydrogens is 362 g/mol. The van der Waals surface area contributed by atoms with Gasteiger partial charge in [0, 0.05) is 13.1 Å². The molecule has 2 heterocycles. The summed E-state index contributed by atoms with van der Waals surface area (Å²) in [6.07, 6.45) is 3.07. The van der Waals surface area contributed by atoms with E-state index in [0.29, 0.717) is 25.9 Å². The van der Waals surface area contributed by atoms with Crippen molar-refractivity contribution in [2.45, 2.75) is 71.4 Å². The van der Waals surface area contributed by atoms with Crippen molar-refractivity contribution in [3.8, 4) is 0 Å². The van der Waals surface area contributed by atoms with Gasteiger partial charge in [-0.25, -0.2) is 4.79 Å². The van der Waals surface area contributed by atoms with Crippen LogP contribution in [0.25, 0.3) is 0 Å². The van der Waals surface area contributed by atoms with Gasteiger partial charge < -0.3 is 15.0 Å². The molecule has 3 atom stereocenters. The molecule has 1 N–H and O–H groups in total. The summed E-state index contributed by atoms with van der Waals surface area (Å²) in [4.78, 5) is 52.7. The van der Waals surface area contributed by atoms with Crippen LogP contribution in [0.3, 0.4) is 0 Å². The van der Waals surface area contributed by atoms with Gasteiger partial charge in [0.05, 0.1) is 0 Å². The Labute approximate surface area is 165 Å². The zero-order valence-corrected chi connectivity index (χ0v) is 17.2. The average Bonchev–Trinajstić information content (AvgIpc) is 3.16. The number of nitrogens with zero attached hydrogens (tertiary/aromatic N) is 2. The molecule has 1 saturated carbocycles. The number of carbonyl (C=O) groups is 4. The summed E-state index contributed by atoms with van der Waals surface area (Å²) >= 11 is 0. The lowest BCUT2D eigenvalue weighted by Crippen LogP contribution is -2.54. The van der Waals surface area contributed by atoms with Crippen molar-refractivity contribution in [2.24, 2.45) is 11.3 Å². The van der Waals surface area contributed by atoms with E-state index in [1.807, 2.05) is 0 Å². The fourth-order valence-electron chi connectivity index (χ4n) is 5.26. The van der Waals surface area contributed by atoms with Crippen LogP contribution in [0.1, 0.15) is 59.8 Å².